The number of allylic oxidation sites excluding steroid dienone is 3. The number of hydrogen-bond acceptors (Lipinski definition) is 1. The molecule has 1 nitrogen and oxygen atoms in total. The molecule has 0 bridgehead atoms. The van der Waals surface area contributed by atoms with E-state index in [1.807, 2.05) is 13.2 Å². The summed E-state index contributed by atoms with van der Waals surface area (Å²) in [6, 6.07) is 10.8. The van der Waals surface area contributed by atoms with Gasteiger partial charge in [0, 0.05) is 13.0 Å². The second-order valence-corrected chi connectivity index (χ2v) is 4.66. The van der Waals surface area contributed by atoms with Gasteiger partial charge in [-0.1, -0.05) is 61.7 Å². The van der Waals surface area contributed by atoms with Crippen LogP contribution in [-0.4, -0.2) is 7.05 Å². The van der Waals surface area contributed by atoms with Gasteiger partial charge in [-0.15, -0.1) is 0 Å². The highest BCUT2D eigenvalue weighted by molar-refractivity contribution is 5.29. The third-order valence-corrected chi connectivity index (χ3v) is 3.22. The predicted octanol–water partition coefficient (Wildman–Crippen LogP) is 4.64. The highest BCUT2D eigenvalue weighted by Crippen LogP contribution is 2.29. The lowest BCUT2D eigenvalue weighted by atomic mass is 9.87. The second kappa shape index (κ2) is 8.57. The van der Waals surface area contributed by atoms with Crippen LogP contribution in [0.4, 0.5) is 0 Å². The van der Waals surface area contributed by atoms with Crippen molar-refractivity contribution in [2.45, 2.75) is 39.0 Å². The molecule has 0 aliphatic carbocycles. The predicted molar refractivity (Wildman–Crippen MR) is 80.7 cm³/mol. The van der Waals surface area contributed by atoms with Crippen molar-refractivity contribution in [1.82, 2.24) is 5.32 Å². The number of nitrogens with one attached hydrogen (secondary N) is 1. The molecule has 1 N–H and O–H groups in total. The Labute approximate surface area is 112 Å². The molecule has 1 unspecified atom stereocenters. The van der Waals surface area contributed by atoms with Gasteiger partial charge in [0.05, 0.1) is 0 Å². The Balaban J connectivity index is 2.84. The van der Waals surface area contributed by atoms with E-state index in [9.17, 15) is 0 Å². The minimum atomic E-state index is 0.549. The zero-order chi connectivity index (χ0) is 13.2. The monoisotopic (exact) mass is 243 g/mol. The minimum Gasteiger partial charge on any atom is -0.394 e. The van der Waals surface area contributed by atoms with E-state index >= 15 is 0 Å². The van der Waals surface area contributed by atoms with Crippen LogP contribution in [0.1, 0.15) is 44.6 Å². The molecule has 0 saturated heterocycles. The summed E-state index contributed by atoms with van der Waals surface area (Å²) in [5.74, 6) is 0.549. The summed E-state index contributed by atoms with van der Waals surface area (Å²) >= 11 is 0. The van der Waals surface area contributed by atoms with Crippen molar-refractivity contribution >= 4 is 0 Å². The fraction of sp³-hybridized carbons (Fsp3) is 0.412. The van der Waals surface area contributed by atoms with Gasteiger partial charge < -0.3 is 5.32 Å². The van der Waals surface area contributed by atoms with Crippen molar-refractivity contribution in [2.75, 3.05) is 7.05 Å². The van der Waals surface area contributed by atoms with E-state index in [4.69, 9.17) is 0 Å². The maximum atomic E-state index is 3.02. The third kappa shape index (κ3) is 4.79. The van der Waals surface area contributed by atoms with Crippen LogP contribution in [0, 0.1) is 0 Å². The van der Waals surface area contributed by atoms with Crippen LogP contribution in [0.25, 0.3) is 0 Å². The Hall–Kier alpha value is -1.50. The van der Waals surface area contributed by atoms with Gasteiger partial charge in [0.1, 0.15) is 0 Å². The Morgan fingerprint density at radius 1 is 1.28 bits per heavy atom. The van der Waals surface area contributed by atoms with E-state index in [0.717, 1.165) is 0 Å². The highest BCUT2D eigenvalue weighted by Gasteiger charge is 2.11. The summed E-state index contributed by atoms with van der Waals surface area (Å²) in [5, 5.41) is 3.02. The summed E-state index contributed by atoms with van der Waals surface area (Å²) in [7, 11) is 1.92. The molecule has 1 rings (SSSR count). The lowest BCUT2D eigenvalue weighted by molar-refractivity contribution is 0.641. The SMILES string of the molecule is CCCCC(/C(C)=C/C=C\NC)c1ccccc1. The molecule has 0 aliphatic heterocycles. The van der Waals surface area contributed by atoms with Crippen molar-refractivity contribution in [3.63, 3.8) is 0 Å². The number of hydrogen-bond donors (Lipinski definition) is 1. The van der Waals surface area contributed by atoms with Crippen LogP contribution >= 0.6 is 0 Å². The van der Waals surface area contributed by atoms with Crippen LogP contribution in [0.5, 0.6) is 0 Å². The van der Waals surface area contributed by atoms with Gasteiger partial charge in [0.15, 0.2) is 0 Å². The Morgan fingerprint density at radius 2 is 2.00 bits per heavy atom. The van der Waals surface area contributed by atoms with Gasteiger partial charge in [0.25, 0.3) is 0 Å². The van der Waals surface area contributed by atoms with Crippen LogP contribution in [0.3, 0.4) is 0 Å². The molecule has 18 heavy (non-hydrogen) atoms. The molecular formula is C17H25N. The number of unbranched alkanes of at least 4 members (excludes halogenated alkanes) is 1. The molecule has 1 heteroatoms. The van der Waals surface area contributed by atoms with Crippen molar-refractivity contribution in [2.24, 2.45) is 0 Å². The summed E-state index contributed by atoms with van der Waals surface area (Å²) in [5.41, 5.74) is 2.86. The number of rotatable bonds is 7. The quantitative estimate of drug-likeness (QED) is 0.688. The molecule has 1 atom stereocenters. The maximum Gasteiger partial charge on any atom is 0.00485 e. The zero-order valence-corrected chi connectivity index (χ0v) is 11.8. The lowest BCUT2D eigenvalue weighted by Crippen LogP contribution is -2.00. The van der Waals surface area contributed by atoms with E-state index in [-0.39, 0.29) is 0 Å². The summed E-state index contributed by atoms with van der Waals surface area (Å²) < 4.78 is 0. The molecule has 0 saturated carbocycles. The zero-order valence-electron chi connectivity index (χ0n) is 11.8. The molecular weight excluding hydrogens is 218 g/mol. The first kappa shape index (κ1) is 14.6. The molecule has 0 spiro atoms. The lowest BCUT2D eigenvalue weighted by Gasteiger charge is -2.18. The average molecular weight is 243 g/mol. The molecule has 98 valence electrons. The Morgan fingerprint density at radius 3 is 2.61 bits per heavy atom. The number of benzene rings is 1. The maximum absolute atomic E-state index is 3.02. The van der Waals surface area contributed by atoms with E-state index in [1.54, 1.807) is 0 Å². The molecule has 1 aromatic rings. The average Bonchev–Trinajstić information content (AvgIpc) is 2.41. The molecule has 0 fully saturated rings. The van der Waals surface area contributed by atoms with Crippen LogP contribution in [0.15, 0.2) is 54.3 Å². The molecule has 1 aromatic carbocycles. The molecule has 0 amide bonds. The minimum absolute atomic E-state index is 0.549. The largest absolute Gasteiger partial charge is 0.394 e. The third-order valence-electron chi connectivity index (χ3n) is 3.22. The van der Waals surface area contributed by atoms with Gasteiger partial charge in [-0.25, -0.2) is 0 Å². The topological polar surface area (TPSA) is 12.0 Å². The van der Waals surface area contributed by atoms with E-state index in [1.165, 1.54) is 30.4 Å². The summed E-state index contributed by atoms with van der Waals surface area (Å²) in [6.45, 7) is 4.48. The first-order chi connectivity index (χ1) is 8.79. The fourth-order valence-corrected chi connectivity index (χ4v) is 2.16. The van der Waals surface area contributed by atoms with Crippen LogP contribution in [0.2, 0.25) is 0 Å². The van der Waals surface area contributed by atoms with Crippen LogP contribution in [-0.2, 0) is 0 Å². The summed E-state index contributed by atoms with van der Waals surface area (Å²) in [4.78, 5) is 0. The standard InChI is InChI=1S/C17H25N/c1-4-5-13-17(15(2)10-9-14-18-3)16-11-7-6-8-12-16/h6-12,14,17-18H,4-5,13H2,1-3H3/b14-9-,15-10+. The van der Waals surface area contributed by atoms with Gasteiger partial charge in [0.2, 0.25) is 0 Å². The van der Waals surface area contributed by atoms with Crippen molar-refractivity contribution in [3.05, 3.63) is 59.8 Å². The van der Waals surface area contributed by atoms with Crippen molar-refractivity contribution in [3.8, 4) is 0 Å². The normalized spacial score (nSPS) is 13.8. The van der Waals surface area contributed by atoms with Crippen LogP contribution < -0.4 is 5.32 Å². The van der Waals surface area contributed by atoms with Gasteiger partial charge in [-0.05, 0) is 31.2 Å². The van der Waals surface area contributed by atoms with Crippen molar-refractivity contribution in [1.29, 1.82) is 0 Å². The second-order valence-electron chi connectivity index (χ2n) is 4.66. The Bertz CT molecular complexity index is 376. The van der Waals surface area contributed by atoms with Gasteiger partial charge in [-0.2, -0.15) is 0 Å². The van der Waals surface area contributed by atoms with Gasteiger partial charge >= 0.3 is 0 Å². The molecule has 0 radical (unpaired) electrons. The smallest absolute Gasteiger partial charge is 0.00485 e. The summed E-state index contributed by atoms with van der Waals surface area (Å²) in [6.07, 6.45) is 10.0. The highest BCUT2D eigenvalue weighted by atomic mass is 14.8. The molecule has 0 aromatic heterocycles. The van der Waals surface area contributed by atoms with Crippen molar-refractivity contribution < 1.29 is 0 Å². The molecule has 0 aliphatic rings. The first-order valence-electron chi connectivity index (χ1n) is 6.85. The Kier molecular flexibility index (Phi) is 6.93. The van der Waals surface area contributed by atoms with E-state index in [2.05, 4.69) is 61.6 Å². The first-order valence-corrected chi connectivity index (χ1v) is 6.85. The molecule has 0 heterocycles. The fourth-order valence-electron chi connectivity index (χ4n) is 2.16. The van der Waals surface area contributed by atoms with E-state index < -0.39 is 0 Å². The van der Waals surface area contributed by atoms with Gasteiger partial charge in [-0.3, -0.25) is 0 Å². The van der Waals surface area contributed by atoms with E-state index in [0.29, 0.717) is 5.92 Å².